The van der Waals surface area contributed by atoms with Crippen LogP contribution in [-0.4, -0.2) is 58.0 Å². The van der Waals surface area contributed by atoms with E-state index in [2.05, 4.69) is 30.1 Å². The van der Waals surface area contributed by atoms with E-state index in [-0.39, 0.29) is 17.2 Å². The number of likely N-dealkylation sites (tertiary alicyclic amines) is 1. The molecule has 4 heterocycles. The second-order valence-corrected chi connectivity index (χ2v) is 9.38. The monoisotopic (exact) mass is 472 g/mol. The first-order valence-corrected chi connectivity index (χ1v) is 12.5. The van der Waals surface area contributed by atoms with E-state index in [0.717, 1.165) is 30.9 Å². The Hall–Kier alpha value is -3.52. The van der Waals surface area contributed by atoms with Crippen LogP contribution in [0.25, 0.3) is 11.3 Å². The van der Waals surface area contributed by atoms with Crippen molar-refractivity contribution in [3.05, 3.63) is 70.5 Å². The van der Waals surface area contributed by atoms with Crippen molar-refractivity contribution >= 4 is 17.3 Å². The van der Waals surface area contributed by atoms with Crippen LogP contribution < -0.4 is 15.8 Å². The number of benzene rings is 1. The third kappa shape index (κ3) is 5.27. The molecule has 2 saturated heterocycles. The number of hydrogen-bond donors (Lipinski definition) is 2. The molecule has 3 aromatic rings. The van der Waals surface area contributed by atoms with Gasteiger partial charge in [-0.3, -0.25) is 9.59 Å². The minimum absolute atomic E-state index is 0.193. The number of H-pyrrole nitrogens is 1. The predicted molar refractivity (Wildman–Crippen MR) is 138 cm³/mol. The fraction of sp³-hybridized carbons (Fsp3) is 0.407. The van der Waals surface area contributed by atoms with E-state index < -0.39 is 0 Å². The Morgan fingerprint density at radius 2 is 1.89 bits per heavy atom. The number of aromatic amines is 1. The normalized spacial score (nSPS) is 18.2. The van der Waals surface area contributed by atoms with Crippen LogP contribution in [0.1, 0.15) is 48.7 Å². The summed E-state index contributed by atoms with van der Waals surface area (Å²) in [4.78, 5) is 41.6. The van der Waals surface area contributed by atoms with Crippen molar-refractivity contribution in [1.29, 1.82) is 0 Å². The van der Waals surface area contributed by atoms with Crippen LogP contribution in [0.3, 0.4) is 0 Å². The number of pyridine rings is 1. The third-order valence-corrected chi connectivity index (χ3v) is 7.04. The Morgan fingerprint density at radius 1 is 1.09 bits per heavy atom. The summed E-state index contributed by atoms with van der Waals surface area (Å²) in [7, 11) is 0. The number of aromatic nitrogens is 3. The van der Waals surface area contributed by atoms with Gasteiger partial charge in [0.05, 0.1) is 5.69 Å². The van der Waals surface area contributed by atoms with Gasteiger partial charge >= 0.3 is 0 Å². The van der Waals surface area contributed by atoms with E-state index in [1.54, 1.807) is 12.3 Å². The van der Waals surface area contributed by atoms with Gasteiger partial charge in [0.15, 0.2) is 0 Å². The van der Waals surface area contributed by atoms with Gasteiger partial charge in [0.2, 0.25) is 0 Å². The number of anilines is 2. The summed E-state index contributed by atoms with van der Waals surface area (Å²) in [6.07, 6.45) is 8.92. The molecule has 2 aliphatic heterocycles. The fourth-order valence-electron chi connectivity index (χ4n) is 5.10. The maximum atomic E-state index is 12.9. The number of nitrogens with zero attached hydrogens (tertiary/aromatic N) is 4. The lowest BCUT2D eigenvalue weighted by molar-refractivity contribution is 0.102. The lowest BCUT2D eigenvalue weighted by atomic mass is 10.1. The van der Waals surface area contributed by atoms with Gasteiger partial charge in [-0.05, 0) is 81.6 Å². The molecule has 5 rings (SSSR count). The van der Waals surface area contributed by atoms with Gasteiger partial charge in [0.1, 0.15) is 12.0 Å². The molecule has 2 fully saturated rings. The van der Waals surface area contributed by atoms with Crippen molar-refractivity contribution in [1.82, 2.24) is 19.9 Å². The Morgan fingerprint density at radius 3 is 2.66 bits per heavy atom. The number of carbonyl (C=O) groups is 1. The highest BCUT2D eigenvalue weighted by Gasteiger charge is 2.27. The maximum absolute atomic E-state index is 12.9. The topological polar surface area (TPSA) is 94.2 Å². The van der Waals surface area contributed by atoms with Crippen molar-refractivity contribution in [2.75, 3.05) is 36.4 Å². The van der Waals surface area contributed by atoms with Crippen molar-refractivity contribution in [2.24, 2.45) is 0 Å². The van der Waals surface area contributed by atoms with Gasteiger partial charge in [0, 0.05) is 47.8 Å². The summed E-state index contributed by atoms with van der Waals surface area (Å²) >= 11 is 0. The highest BCUT2D eigenvalue weighted by atomic mass is 16.2. The molecule has 0 unspecified atom stereocenters. The largest absolute Gasteiger partial charge is 0.367 e. The molecule has 1 amide bonds. The molecule has 8 nitrogen and oxygen atoms in total. The Labute approximate surface area is 205 Å². The molecule has 35 heavy (non-hydrogen) atoms. The molecule has 2 aromatic heterocycles. The van der Waals surface area contributed by atoms with E-state index in [1.807, 2.05) is 37.3 Å². The van der Waals surface area contributed by atoms with Crippen LogP contribution in [-0.2, 0) is 6.42 Å². The van der Waals surface area contributed by atoms with Crippen molar-refractivity contribution < 1.29 is 4.79 Å². The van der Waals surface area contributed by atoms with Gasteiger partial charge in [0.25, 0.3) is 11.5 Å². The average Bonchev–Trinajstić information content (AvgIpc) is 3.58. The molecule has 1 atom stereocenters. The second-order valence-electron chi connectivity index (χ2n) is 9.38. The van der Waals surface area contributed by atoms with Crippen LogP contribution >= 0.6 is 0 Å². The molecule has 1 aromatic carbocycles. The average molecular weight is 473 g/mol. The molecule has 0 radical (unpaired) electrons. The zero-order chi connectivity index (χ0) is 24.2. The second kappa shape index (κ2) is 10.4. The number of amides is 1. The van der Waals surface area contributed by atoms with Crippen LogP contribution in [0.15, 0.2) is 53.7 Å². The van der Waals surface area contributed by atoms with E-state index in [9.17, 15) is 9.59 Å². The highest BCUT2D eigenvalue weighted by molar-refractivity contribution is 6.04. The fourth-order valence-corrected chi connectivity index (χ4v) is 5.10. The minimum atomic E-state index is -0.356. The number of nitrogens with one attached hydrogen (secondary N) is 2. The van der Waals surface area contributed by atoms with E-state index >= 15 is 0 Å². The molecule has 2 aliphatic rings. The van der Waals surface area contributed by atoms with Gasteiger partial charge in [-0.25, -0.2) is 9.97 Å². The quantitative estimate of drug-likeness (QED) is 0.544. The molecule has 2 N–H and O–H groups in total. The Balaban J connectivity index is 1.28. The lowest BCUT2D eigenvalue weighted by Gasteiger charge is -2.30. The molecule has 0 aliphatic carbocycles. The number of carbonyl (C=O) groups excluding carboxylic acids is 1. The Kier molecular flexibility index (Phi) is 6.90. The summed E-state index contributed by atoms with van der Waals surface area (Å²) in [6.45, 7) is 6.61. The van der Waals surface area contributed by atoms with Crippen LogP contribution in [0.5, 0.6) is 0 Å². The van der Waals surface area contributed by atoms with Crippen LogP contribution in [0.4, 0.5) is 11.4 Å². The molecular formula is C27H32N6O2. The van der Waals surface area contributed by atoms with Crippen LogP contribution in [0, 0.1) is 0 Å². The summed E-state index contributed by atoms with van der Waals surface area (Å²) in [5.74, 6) is -0.314. The van der Waals surface area contributed by atoms with E-state index in [1.165, 1.54) is 45.1 Å². The summed E-state index contributed by atoms with van der Waals surface area (Å²) in [5.41, 5.74) is 3.83. The molecule has 0 bridgehead atoms. The third-order valence-electron chi connectivity index (χ3n) is 7.04. The number of hydrogen-bond acceptors (Lipinski definition) is 6. The summed E-state index contributed by atoms with van der Waals surface area (Å²) in [6, 6.07) is 11.8. The predicted octanol–water partition coefficient (Wildman–Crippen LogP) is 3.71. The van der Waals surface area contributed by atoms with E-state index in [4.69, 9.17) is 0 Å². The first-order valence-electron chi connectivity index (χ1n) is 12.5. The lowest BCUT2D eigenvalue weighted by Crippen LogP contribution is -2.39. The van der Waals surface area contributed by atoms with Gasteiger partial charge in [-0.1, -0.05) is 6.92 Å². The van der Waals surface area contributed by atoms with Gasteiger partial charge in [-0.15, -0.1) is 0 Å². The zero-order valence-electron chi connectivity index (χ0n) is 20.2. The van der Waals surface area contributed by atoms with Gasteiger partial charge in [-0.2, -0.15) is 0 Å². The van der Waals surface area contributed by atoms with Crippen LogP contribution in [0.2, 0.25) is 0 Å². The smallest absolute Gasteiger partial charge is 0.271 e. The van der Waals surface area contributed by atoms with Crippen molar-refractivity contribution in [3.8, 4) is 11.3 Å². The maximum Gasteiger partial charge on any atom is 0.271 e. The first-order chi connectivity index (χ1) is 17.1. The molecule has 182 valence electrons. The first kappa shape index (κ1) is 23.2. The van der Waals surface area contributed by atoms with Crippen molar-refractivity contribution in [2.45, 2.75) is 45.1 Å². The Bertz CT molecular complexity index is 1230. The highest BCUT2D eigenvalue weighted by Crippen LogP contribution is 2.27. The molecule has 0 saturated carbocycles. The summed E-state index contributed by atoms with van der Waals surface area (Å²) < 4.78 is 0. The summed E-state index contributed by atoms with van der Waals surface area (Å²) in [5, 5.41) is 2.76. The van der Waals surface area contributed by atoms with Crippen molar-refractivity contribution in [3.63, 3.8) is 0 Å². The number of aryl methyl sites for hydroxylation is 1. The molecule has 8 heteroatoms. The standard InChI is InChI=1S/C27H32N6O2/c1-2-21-15-24(30-18-29-21)20-14-25(27(35)28-16-20)31-26(34)19-7-9-22(10-8-19)33-13-5-6-23(33)17-32-11-3-4-12-32/h7-10,14-16,18,23H,2-6,11-13,17H2,1H3,(H,28,35)(H,31,34)/t23-/m0/s1. The molecular weight excluding hydrogens is 440 g/mol. The number of rotatable bonds is 7. The molecule has 0 spiro atoms. The zero-order valence-corrected chi connectivity index (χ0v) is 20.2. The minimum Gasteiger partial charge on any atom is -0.367 e. The van der Waals surface area contributed by atoms with Gasteiger partial charge < -0.3 is 20.1 Å². The van der Waals surface area contributed by atoms with E-state index in [0.29, 0.717) is 22.9 Å². The SMILES string of the molecule is CCc1cc(-c2c[nH]c(=O)c(NC(=O)c3ccc(N4CCC[C@H]4CN4CCCC4)cc3)c2)ncn1.